The molecule has 0 saturated carbocycles. The number of rotatable bonds is 7. The standard InChI is InChI=1S/C22H27NO4/c1-4-16-8-5-6-10-20(16)27-15-22(24)23-13-7-9-19(23)18-14-17(25-2)11-12-21(18)26-3/h5-6,8,10-12,14,19H,4,7,9,13,15H2,1-3H3. The average Bonchev–Trinajstić information content (AvgIpc) is 3.21. The van der Waals surface area contributed by atoms with E-state index in [0.29, 0.717) is 0 Å². The lowest BCUT2D eigenvalue weighted by Gasteiger charge is -2.27. The Kier molecular flexibility index (Phi) is 6.22. The number of likely N-dealkylation sites (tertiary alicyclic amines) is 1. The van der Waals surface area contributed by atoms with E-state index in [9.17, 15) is 4.79 Å². The maximum absolute atomic E-state index is 12.9. The third kappa shape index (κ3) is 4.18. The number of amides is 1. The average molecular weight is 369 g/mol. The fourth-order valence-corrected chi connectivity index (χ4v) is 3.65. The van der Waals surface area contributed by atoms with Gasteiger partial charge >= 0.3 is 0 Å². The molecule has 0 aliphatic carbocycles. The largest absolute Gasteiger partial charge is 0.497 e. The molecular weight excluding hydrogens is 342 g/mol. The van der Waals surface area contributed by atoms with Crippen molar-refractivity contribution in [1.82, 2.24) is 4.90 Å². The van der Waals surface area contributed by atoms with Gasteiger partial charge in [0.15, 0.2) is 6.61 Å². The van der Waals surface area contributed by atoms with Crippen LogP contribution in [0.1, 0.15) is 36.9 Å². The minimum atomic E-state index is -0.0208. The van der Waals surface area contributed by atoms with E-state index in [1.54, 1.807) is 14.2 Å². The maximum atomic E-state index is 12.9. The van der Waals surface area contributed by atoms with Crippen LogP contribution in [0, 0.1) is 0 Å². The Morgan fingerprint density at radius 1 is 1.11 bits per heavy atom. The Morgan fingerprint density at radius 3 is 2.67 bits per heavy atom. The second-order valence-corrected chi connectivity index (χ2v) is 6.60. The zero-order valence-electron chi connectivity index (χ0n) is 16.2. The van der Waals surface area contributed by atoms with E-state index in [4.69, 9.17) is 14.2 Å². The summed E-state index contributed by atoms with van der Waals surface area (Å²) in [5.41, 5.74) is 2.09. The number of hydrogen-bond donors (Lipinski definition) is 0. The van der Waals surface area contributed by atoms with Gasteiger partial charge in [-0.2, -0.15) is 0 Å². The number of benzene rings is 2. The van der Waals surface area contributed by atoms with E-state index in [0.717, 1.165) is 54.2 Å². The first-order valence-electron chi connectivity index (χ1n) is 9.40. The van der Waals surface area contributed by atoms with Gasteiger partial charge in [-0.3, -0.25) is 4.79 Å². The number of ether oxygens (including phenoxy) is 3. The summed E-state index contributed by atoms with van der Waals surface area (Å²) in [5, 5.41) is 0. The van der Waals surface area contributed by atoms with Crippen LogP contribution in [0.5, 0.6) is 17.2 Å². The van der Waals surface area contributed by atoms with Crippen LogP contribution in [-0.2, 0) is 11.2 Å². The highest BCUT2D eigenvalue weighted by atomic mass is 16.5. The number of methoxy groups -OCH3 is 2. The Bertz CT molecular complexity index is 790. The molecule has 2 aromatic rings. The molecule has 1 amide bonds. The van der Waals surface area contributed by atoms with Crippen LogP contribution in [0.4, 0.5) is 0 Å². The predicted octanol–water partition coefficient (Wildman–Crippen LogP) is 4.01. The molecule has 5 nitrogen and oxygen atoms in total. The molecule has 2 aromatic carbocycles. The van der Waals surface area contributed by atoms with Crippen molar-refractivity contribution in [2.75, 3.05) is 27.4 Å². The summed E-state index contributed by atoms with van der Waals surface area (Å²) in [6, 6.07) is 13.6. The minimum absolute atomic E-state index is 0.00622. The van der Waals surface area contributed by atoms with Crippen molar-refractivity contribution < 1.29 is 19.0 Å². The van der Waals surface area contributed by atoms with Crippen molar-refractivity contribution in [1.29, 1.82) is 0 Å². The summed E-state index contributed by atoms with van der Waals surface area (Å²) in [6.45, 7) is 2.85. The Hall–Kier alpha value is -2.69. The maximum Gasteiger partial charge on any atom is 0.261 e. The molecular formula is C22H27NO4. The van der Waals surface area contributed by atoms with Gasteiger partial charge in [-0.1, -0.05) is 25.1 Å². The summed E-state index contributed by atoms with van der Waals surface area (Å²) in [4.78, 5) is 14.8. The topological polar surface area (TPSA) is 48.0 Å². The van der Waals surface area contributed by atoms with Gasteiger partial charge in [0.1, 0.15) is 17.2 Å². The molecule has 1 saturated heterocycles. The van der Waals surface area contributed by atoms with Gasteiger partial charge in [0.05, 0.1) is 20.3 Å². The first-order chi connectivity index (χ1) is 13.2. The zero-order valence-corrected chi connectivity index (χ0v) is 16.2. The van der Waals surface area contributed by atoms with E-state index >= 15 is 0 Å². The Balaban J connectivity index is 1.75. The highest BCUT2D eigenvalue weighted by Gasteiger charge is 2.32. The number of aryl methyl sites for hydroxylation is 1. The van der Waals surface area contributed by atoms with Crippen LogP contribution in [0.25, 0.3) is 0 Å². The summed E-state index contributed by atoms with van der Waals surface area (Å²) in [6.07, 6.45) is 2.74. The van der Waals surface area contributed by atoms with E-state index in [2.05, 4.69) is 6.92 Å². The molecule has 3 rings (SSSR count). The molecule has 1 unspecified atom stereocenters. The fraction of sp³-hybridized carbons (Fsp3) is 0.409. The van der Waals surface area contributed by atoms with Gasteiger partial charge in [-0.15, -0.1) is 0 Å². The van der Waals surface area contributed by atoms with Crippen molar-refractivity contribution in [2.45, 2.75) is 32.2 Å². The molecule has 1 aliphatic heterocycles. The lowest BCUT2D eigenvalue weighted by Crippen LogP contribution is -2.34. The summed E-state index contributed by atoms with van der Waals surface area (Å²) >= 11 is 0. The van der Waals surface area contributed by atoms with Crippen LogP contribution in [0.2, 0.25) is 0 Å². The van der Waals surface area contributed by atoms with E-state index in [1.807, 2.05) is 47.4 Å². The normalized spacial score (nSPS) is 16.3. The predicted molar refractivity (Wildman–Crippen MR) is 105 cm³/mol. The van der Waals surface area contributed by atoms with Crippen LogP contribution in [-0.4, -0.2) is 38.2 Å². The van der Waals surface area contributed by atoms with Gasteiger partial charge in [0, 0.05) is 12.1 Å². The van der Waals surface area contributed by atoms with Crippen molar-refractivity contribution in [2.24, 2.45) is 0 Å². The van der Waals surface area contributed by atoms with Crippen LogP contribution in [0.3, 0.4) is 0 Å². The van der Waals surface area contributed by atoms with Gasteiger partial charge in [-0.25, -0.2) is 0 Å². The molecule has 1 heterocycles. The van der Waals surface area contributed by atoms with Gasteiger partial charge in [-0.05, 0) is 49.1 Å². The SMILES string of the molecule is CCc1ccccc1OCC(=O)N1CCCC1c1cc(OC)ccc1OC. The van der Waals surface area contributed by atoms with Crippen molar-refractivity contribution >= 4 is 5.91 Å². The smallest absolute Gasteiger partial charge is 0.261 e. The van der Waals surface area contributed by atoms with Crippen LogP contribution >= 0.6 is 0 Å². The first kappa shape index (κ1) is 19.1. The summed E-state index contributed by atoms with van der Waals surface area (Å²) in [5.74, 6) is 2.31. The quantitative estimate of drug-likeness (QED) is 0.740. The lowest BCUT2D eigenvalue weighted by atomic mass is 10.0. The molecule has 1 atom stereocenters. The van der Waals surface area contributed by atoms with Gasteiger partial charge < -0.3 is 19.1 Å². The number of hydrogen-bond acceptors (Lipinski definition) is 4. The minimum Gasteiger partial charge on any atom is -0.497 e. The van der Waals surface area contributed by atoms with Gasteiger partial charge in [0.2, 0.25) is 0 Å². The number of carbonyl (C=O) groups excluding carboxylic acids is 1. The third-order valence-corrected chi connectivity index (χ3v) is 5.07. The highest BCUT2D eigenvalue weighted by Crippen LogP contribution is 2.39. The number of carbonyl (C=O) groups is 1. The van der Waals surface area contributed by atoms with E-state index in [1.165, 1.54) is 0 Å². The molecule has 27 heavy (non-hydrogen) atoms. The van der Waals surface area contributed by atoms with Crippen molar-refractivity contribution in [3.05, 3.63) is 53.6 Å². The number of para-hydroxylation sites is 1. The molecule has 0 spiro atoms. The molecule has 1 aliphatic rings. The van der Waals surface area contributed by atoms with Crippen molar-refractivity contribution in [3.8, 4) is 17.2 Å². The second-order valence-electron chi connectivity index (χ2n) is 6.60. The zero-order chi connectivity index (χ0) is 19.2. The van der Waals surface area contributed by atoms with Crippen LogP contribution in [0.15, 0.2) is 42.5 Å². The molecule has 1 fully saturated rings. The third-order valence-electron chi connectivity index (χ3n) is 5.07. The lowest BCUT2D eigenvalue weighted by molar-refractivity contribution is -0.134. The molecule has 0 radical (unpaired) electrons. The second kappa shape index (κ2) is 8.80. The molecule has 144 valence electrons. The van der Waals surface area contributed by atoms with Crippen LogP contribution < -0.4 is 14.2 Å². The first-order valence-corrected chi connectivity index (χ1v) is 9.40. The molecule has 5 heteroatoms. The fourth-order valence-electron chi connectivity index (χ4n) is 3.65. The van der Waals surface area contributed by atoms with E-state index < -0.39 is 0 Å². The highest BCUT2D eigenvalue weighted by molar-refractivity contribution is 5.79. The summed E-state index contributed by atoms with van der Waals surface area (Å²) < 4.78 is 16.7. The Morgan fingerprint density at radius 2 is 1.93 bits per heavy atom. The Labute approximate surface area is 160 Å². The van der Waals surface area contributed by atoms with E-state index in [-0.39, 0.29) is 18.6 Å². The molecule has 0 bridgehead atoms. The van der Waals surface area contributed by atoms with Gasteiger partial charge in [0.25, 0.3) is 5.91 Å². The number of nitrogens with zero attached hydrogens (tertiary/aromatic N) is 1. The molecule has 0 aromatic heterocycles. The monoisotopic (exact) mass is 369 g/mol. The summed E-state index contributed by atoms with van der Waals surface area (Å²) in [7, 11) is 3.29. The molecule has 0 N–H and O–H groups in total. The van der Waals surface area contributed by atoms with Crippen molar-refractivity contribution in [3.63, 3.8) is 0 Å².